The fourth-order valence-electron chi connectivity index (χ4n) is 3.30. The van der Waals surface area contributed by atoms with Gasteiger partial charge in [-0.05, 0) is 43.4 Å². The topological polar surface area (TPSA) is 92.5 Å². The van der Waals surface area contributed by atoms with Crippen LogP contribution < -0.4 is 5.56 Å². The normalized spacial score (nSPS) is 16.9. The predicted molar refractivity (Wildman–Crippen MR) is 95.3 cm³/mol. The molecule has 0 radical (unpaired) electrons. The smallest absolute Gasteiger partial charge is 0.303 e. The monoisotopic (exact) mass is 373 g/mol. The second-order valence-electron chi connectivity index (χ2n) is 6.61. The van der Waals surface area contributed by atoms with E-state index in [4.69, 9.17) is 5.11 Å². The lowest BCUT2D eigenvalue weighted by Gasteiger charge is -2.32. The van der Waals surface area contributed by atoms with E-state index in [-0.39, 0.29) is 29.6 Å². The first kappa shape index (κ1) is 18.8. The highest BCUT2D eigenvalue weighted by Gasteiger charge is 2.26. The number of hydrogen-bond donors (Lipinski definition) is 1. The Hall–Kier alpha value is -3.03. The summed E-state index contributed by atoms with van der Waals surface area (Å²) in [6, 6.07) is 8.25. The highest BCUT2D eigenvalue weighted by molar-refractivity contribution is 5.92. The van der Waals surface area contributed by atoms with Crippen LogP contribution in [0.2, 0.25) is 0 Å². The van der Waals surface area contributed by atoms with E-state index >= 15 is 0 Å². The number of piperidine rings is 1. The van der Waals surface area contributed by atoms with Gasteiger partial charge < -0.3 is 10.0 Å². The zero-order chi connectivity index (χ0) is 19.4. The summed E-state index contributed by atoms with van der Waals surface area (Å²) in [5, 5.41) is 12.9. The average Bonchev–Trinajstić information content (AvgIpc) is 2.67. The molecule has 7 nitrogen and oxygen atoms in total. The fourth-order valence-corrected chi connectivity index (χ4v) is 3.30. The van der Waals surface area contributed by atoms with Gasteiger partial charge in [0, 0.05) is 25.6 Å². The Labute approximate surface area is 155 Å². The maximum absolute atomic E-state index is 14.0. The number of halogens is 1. The first-order valence-corrected chi connectivity index (χ1v) is 8.82. The van der Waals surface area contributed by atoms with Gasteiger partial charge >= 0.3 is 5.97 Å². The quantitative estimate of drug-likeness (QED) is 0.866. The Kier molecular flexibility index (Phi) is 5.63. The average molecular weight is 373 g/mol. The molecule has 1 aromatic carbocycles. The minimum absolute atomic E-state index is 0.0184. The van der Waals surface area contributed by atoms with Crippen molar-refractivity contribution in [2.75, 3.05) is 13.1 Å². The summed E-state index contributed by atoms with van der Waals surface area (Å²) in [5.41, 5.74) is -0.499. The number of carboxylic acids is 1. The van der Waals surface area contributed by atoms with Crippen molar-refractivity contribution in [2.24, 2.45) is 5.92 Å². The Morgan fingerprint density at radius 2 is 2.00 bits per heavy atom. The molecular formula is C19H20FN3O4. The molecule has 1 saturated heterocycles. The van der Waals surface area contributed by atoms with E-state index in [0.717, 1.165) is 17.5 Å². The summed E-state index contributed by atoms with van der Waals surface area (Å²) in [5.74, 6) is -1.68. The maximum Gasteiger partial charge on any atom is 0.303 e. The van der Waals surface area contributed by atoms with Crippen molar-refractivity contribution >= 4 is 11.9 Å². The number of likely N-dealkylation sites (tertiary alicyclic amines) is 1. The van der Waals surface area contributed by atoms with Crippen molar-refractivity contribution in [3.8, 4) is 5.69 Å². The van der Waals surface area contributed by atoms with Crippen LogP contribution in [0.5, 0.6) is 0 Å². The second kappa shape index (κ2) is 8.11. The SMILES string of the molecule is O=C(O)CCC1CCCN(C(=O)c2ccc(=O)n(-c3ccccc3F)n2)C1. The van der Waals surface area contributed by atoms with Crippen LogP contribution in [-0.2, 0) is 4.79 Å². The van der Waals surface area contributed by atoms with Crippen molar-refractivity contribution in [1.29, 1.82) is 0 Å². The third kappa shape index (κ3) is 4.39. The molecule has 8 heteroatoms. The number of carbonyl (C=O) groups excluding carboxylic acids is 1. The number of aliphatic carboxylic acids is 1. The molecule has 0 spiro atoms. The third-order valence-electron chi connectivity index (χ3n) is 4.67. The molecule has 1 amide bonds. The number of rotatable bonds is 5. The number of para-hydroxylation sites is 1. The number of carboxylic acid groups (broad SMARTS) is 1. The van der Waals surface area contributed by atoms with Crippen molar-refractivity contribution in [2.45, 2.75) is 25.7 Å². The van der Waals surface area contributed by atoms with Gasteiger partial charge in [-0.15, -0.1) is 0 Å². The minimum atomic E-state index is -0.850. The van der Waals surface area contributed by atoms with Gasteiger partial charge in [-0.2, -0.15) is 9.78 Å². The van der Waals surface area contributed by atoms with Crippen LogP contribution >= 0.6 is 0 Å². The Morgan fingerprint density at radius 1 is 1.22 bits per heavy atom. The van der Waals surface area contributed by atoms with E-state index in [1.807, 2.05) is 0 Å². The van der Waals surface area contributed by atoms with Crippen LogP contribution in [0.4, 0.5) is 4.39 Å². The number of nitrogens with zero attached hydrogens (tertiary/aromatic N) is 3. The Balaban J connectivity index is 1.81. The van der Waals surface area contributed by atoms with Crippen LogP contribution in [0.25, 0.3) is 5.69 Å². The summed E-state index contributed by atoms with van der Waals surface area (Å²) >= 11 is 0. The number of carbonyl (C=O) groups is 2. The number of hydrogen-bond acceptors (Lipinski definition) is 4. The van der Waals surface area contributed by atoms with Gasteiger partial charge in [0.1, 0.15) is 17.2 Å². The summed E-state index contributed by atoms with van der Waals surface area (Å²) in [6.07, 6.45) is 2.24. The van der Waals surface area contributed by atoms with Crippen LogP contribution in [-0.4, -0.2) is 44.8 Å². The van der Waals surface area contributed by atoms with E-state index < -0.39 is 17.3 Å². The van der Waals surface area contributed by atoms with E-state index in [0.29, 0.717) is 19.5 Å². The highest BCUT2D eigenvalue weighted by Crippen LogP contribution is 2.22. The molecule has 142 valence electrons. The van der Waals surface area contributed by atoms with E-state index in [1.165, 1.54) is 30.3 Å². The van der Waals surface area contributed by atoms with Gasteiger partial charge in [-0.3, -0.25) is 14.4 Å². The van der Waals surface area contributed by atoms with Gasteiger partial charge in [0.05, 0.1) is 0 Å². The largest absolute Gasteiger partial charge is 0.481 e. The molecule has 1 N–H and O–H groups in total. The number of aromatic nitrogens is 2. The summed E-state index contributed by atoms with van der Waals surface area (Å²) in [7, 11) is 0. The van der Waals surface area contributed by atoms with E-state index in [1.54, 1.807) is 11.0 Å². The molecule has 3 rings (SSSR count). The van der Waals surface area contributed by atoms with Crippen molar-refractivity contribution < 1.29 is 19.1 Å². The van der Waals surface area contributed by atoms with Gasteiger partial charge in [0.15, 0.2) is 0 Å². The van der Waals surface area contributed by atoms with Crippen molar-refractivity contribution in [3.63, 3.8) is 0 Å². The van der Waals surface area contributed by atoms with E-state index in [9.17, 15) is 18.8 Å². The summed E-state index contributed by atoms with van der Waals surface area (Å²) < 4.78 is 14.9. The van der Waals surface area contributed by atoms with Crippen LogP contribution in [0.1, 0.15) is 36.2 Å². The van der Waals surface area contributed by atoms with Crippen LogP contribution in [0, 0.1) is 11.7 Å². The zero-order valence-electron chi connectivity index (χ0n) is 14.7. The third-order valence-corrected chi connectivity index (χ3v) is 4.67. The lowest BCUT2D eigenvalue weighted by Crippen LogP contribution is -2.41. The predicted octanol–water partition coefficient (Wildman–Crippen LogP) is 2.09. The Bertz CT molecular complexity index is 912. The zero-order valence-corrected chi connectivity index (χ0v) is 14.7. The molecule has 1 atom stereocenters. The Morgan fingerprint density at radius 3 is 2.74 bits per heavy atom. The van der Waals surface area contributed by atoms with Crippen molar-refractivity contribution in [3.05, 3.63) is 58.3 Å². The number of amides is 1. The lowest BCUT2D eigenvalue weighted by atomic mass is 9.93. The van der Waals surface area contributed by atoms with Crippen LogP contribution in [0.3, 0.4) is 0 Å². The molecule has 0 bridgehead atoms. The number of benzene rings is 1. The minimum Gasteiger partial charge on any atom is -0.481 e. The molecule has 1 aromatic heterocycles. The van der Waals surface area contributed by atoms with Crippen molar-refractivity contribution in [1.82, 2.24) is 14.7 Å². The maximum atomic E-state index is 14.0. The van der Waals surface area contributed by atoms with E-state index in [2.05, 4.69) is 5.10 Å². The van der Waals surface area contributed by atoms with Gasteiger partial charge in [-0.1, -0.05) is 12.1 Å². The first-order valence-electron chi connectivity index (χ1n) is 8.82. The standard InChI is InChI=1S/C19H20FN3O4/c20-14-5-1-2-6-16(14)23-17(24)9-8-15(21-23)19(27)22-11-3-4-13(12-22)7-10-18(25)26/h1-2,5-6,8-9,13H,3-4,7,10-12H2,(H,25,26). The second-order valence-corrected chi connectivity index (χ2v) is 6.61. The molecule has 1 aliphatic rings. The first-order chi connectivity index (χ1) is 13.0. The van der Waals surface area contributed by atoms with Gasteiger partial charge in [0.2, 0.25) is 0 Å². The molecule has 1 fully saturated rings. The lowest BCUT2D eigenvalue weighted by molar-refractivity contribution is -0.137. The van der Waals surface area contributed by atoms with Crippen LogP contribution in [0.15, 0.2) is 41.2 Å². The highest BCUT2D eigenvalue weighted by atomic mass is 19.1. The molecule has 1 aliphatic heterocycles. The van der Waals surface area contributed by atoms with Gasteiger partial charge in [0.25, 0.3) is 11.5 Å². The summed E-state index contributed by atoms with van der Waals surface area (Å²) in [6.45, 7) is 0.996. The molecule has 27 heavy (non-hydrogen) atoms. The molecular weight excluding hydrogens is 353 g/mol. The molecule has 1 unspecified atom stereocenters. The summed E-state index contributed by atoms with van der Waals surface area (Å²) in [4.78, 5) is 37.3. The molecule has 0 saturated carbocycles. The molecule has 2 heterocycles. The molecule has 0 aliphatic carbocycles. The molecule has 2 aromatic rings. The van der Waals surface area contributed by atoms with Gasteiger partial charge in [-0.25, -0.2) is 4.39 Å². The fraction of sp³-hybridized carbons (Fsp3) is 0.368.